The Hall–Kier alpha value is -2.63. The van der Waals surface area contributed by atoms with Gasteiger partial charge in [0, 0.05) is 52.5 Å². The highest BCUT2D eigenvalue weighted by molar-refractivity contribution is 7.89. The topological polar surface area (TPSA) is 108 Å². The molecule has 1 aromatic heterocycles. The van der Waals surface area contributed by atoms with E-state index in [4.69, 9.17) is 4.74 Å². The zero-order valence-corrected chi connectivity index (χ0v) is 20.8. The molecule has 1 aliphatic rings. The summed E-state index contributed by atoms with van der Waals surface area (Å²) in [5, 5.41) is 9.73. The van der Waals surface area contributed by atoms with Crippen molar-refractivity contribution in [2.75, 3.05) is 45.7 Å². The second-order valence-corrected chi connectivity index (χ2v) is 10.9. The molecule has 33 heavy (non-hydrogen) atoms. The molecule has 0 spiro atoms. The van der Waals surface area contributed by atoms with Gasteiger partial charge in [0.2, 0.25) is 0 Å². The van der Waals surface area contributed by atoms with E-state index in [9.17, 15) is 18.3 Å². The number of anilines is 1. The number of carbonyl (C=O) groups is 1. The minimum atomic E-state index is -3.81. The number of hydrogen-bond acceptors (Lipinski definition) is 7. The van der Waals surface area contributed by atoms with Gasteiger partial charge in [0.1, 0.15) is 11.9 Å². The van der Waals surface area contributed by atoms with E-state index < -0.39 is 22.2 Å². The number of sulfonamides is 1. The molecule has 0 fully saturated rings. The molecule has 182 valence electrons. The van der Waals surface area contributed by atoms with E-state index >= 15 is 0 Å². The molecular formula is C22H33N5O5S. The van der Waals surface area contributed by atoms with Crippen LogP contribution in [0.25, 0.3) is 0 Å². The van der Waals surface area contributed by atoms with E-state index in [-0.39, 0.29) is 30.0 Å². The summed E-state index contributed by atoms with van der Waals surface area (Å²) in [6.45, 7) is 3.91. The number of rotatable bonds is 7. The molecule has 10 nitrogen and oxygen atoms in total. The number of aliphatic hydroxyl groups excluding tert-OH is 1. The van der Waals surface area contributed by atoms with Crippen LogP contribution in [0, 0.1) is 5.92 Å². The molecular weight excluding hydrogens is 446 g/mol. The highest BCUT2D eigenvalue weighted by atomic mass is 32.2. The minimum Gasteiger partial charge on any atom is -0.488 e. The fourth-order valence-corrected chi connectivity index (χ4v) is 4.88. The zero-order chi connectivity index (χ0) is 24.5. The molecule has 3 atom stereocenters. The van der Waals surface area contributed by atoms with Gasteiger partial charge >= 0.3 is 0 Å². The number of carbonyl (C=O) groups excluding carboxylic acids is 1. The Morgan fingerprint density at radius 2 is 2.00 bits per heavy atom. The van der Waals surface area contributed by atoms with E-state index in [1.54, 1.807) is 35.6 Å². The Labute approximate surface area is 195 Å². The number of aliphatic hydroxyl groups is 1. The van der Waals surface area contributed by atoms with Crippen molar-refractivity contribution in [1.82, 2.24) is 18.8 Å². The third-order valence-corrected chi connectivity index (χ3v) is 7.67. The Bertz CT molecular complexity index is 1100. The second kappa shape index (κ2) is 9.70. The van der Waals surface area contributed by atoms with Gasteiger partial charge < -0.3 is 24.2 Å². The summed E-state index contributed by atoms with van der Waals surface area (Å²) in [5.41, 5.74) is 1.22. The maximum absolute atomic E-state index is 13.4. The van der Waals surface area contributed by atoms with Crippen molar-refractivity contribution in [1.29, 1.82) is 0 Å². The van der Waals surface area contributed by atoms with Crippen molar-refractivity contribution in [2.45, 2.75) is 31.0 Å². The van der Waals surface area contributed by atoms with Crippen LogP contribution >= 0.6 is 0 Å². The van der Waals surface area contributed by atoms with E-state index in [0.717, 1.165) is 5.69 Å². The molecule has 1 aromatic carbocycles. The monoisotopic (exact) mass is 479 g/mol. The summed E-state index contributed by atoms with van der Waals surface area (Å²) >= 11 is 0. The first-order valence-electron chi connectivity index (χ1n) is 10.8. The summed E-state index contributed by atoms with van der Waals surface area (Å²) in [7, 11) is 3.16. The van der Waals surface area contributed by atoms with Crippen LogP contribution in [-0.4, -0.2) is 91.2 Å². The number of imidazole rings is 1. The number of amides is 1. The molecule has 2 heterocycles. The van der Waals surface area contributed by atoms with E-state index in [0.29, 0.717) is 17.9 Å². The van der Waals surface area contributed by atoms with Crippen molar-refractivity contribution in [3.8, 4) is 5.75 Å². The third kappa shape index (κ3) is 5.15. The first kappa shape index (κ1) is 25.0. The number of likely N-dealkylation sites (N-methyl/N-ethyl adjacent to an activating group) is 1. The van der Waals surface area contributed by atoms with Crippen LogP contribution in [0.15, 0.2) is 35.7 Å². The predicted molar refractivity (Wildman–Crippen MR) is 125 cm³/mol. The van der Waals surface area contributed by atoms with Crippen LogP contribution in [0.4, 0.5) is 5.69 Å². The molecule has 1 N–H and O–H groups in total. The van der Waals surface area contributed by atoms with Gasteiger partial charge in [-0.15, -0.1) is 0 Å². The number of hydrogen-bond donors (Lipinski definition) is 1. The normalized spacial score (nSPS) is 20.1. The SMILES string of the molecule is C[C@H](CO)N1C[C@H](C)[C@@H](CN(C)S(=O)(=O)c2cn(C)cn2)Oc2ccc(N(C)C)cc2C1=O. The van der Waals surface area contributed by atoms with Gasteiger partial charge in [0.25, 0.3) is 15.9 Å². The predicted octanol–water partition coefficient (Wildman–Crippen LogP) is 1.03. The lowest BCUT2D eigenvalue weighted by Gasteiger charge is -2.38. The van der Waals surface area contributed by atoms with Crippen LogP contribution in [-0.2, 0) is 17.1 Å². The molecule has 3 rings (SSSR count). The molecule has 1 aliphatic heterocycles. The fraction of sp³-hybridized carbons (Fsp3) is 0.545. The first-order chi connectivity index (χ1) is 15.4. The lowest BCUT2D eigenvalue weighted by molar-refractivity contribution is 0.0387. The first-order valence-corrected chi connectivity index (χ1v) is 12.2. The van der Waals surface area contributed by atoms with Crippen LogP contribution < -0.4 is 9.64 Å². The Kier molecular flexibility index (Phi) is 7.35. The fourth-order valence-electron chi connectivity index (χ4n) is 3.74. The standard InChI is InChI=1S/C22H33N5O5S/c1-15-10-27(16(2)13-28)22(29)18-9-17(24(3)4)7-8-19(18)32-20(15)11-26(6)33(30,31)21-12-25(5)14-23-21/h7-9,12,14-16,20,28H,10-11,13H2,1-6H3/t15-,16+,20+/m0/s1. The molecule has 0 aliphatic carbocycles. The quantitative estimate of drug-likeness (QED) is 0.632. The number of nitrogens with zero attached hydrogens (tertiary/aromatic N) is 5. The van der Waals surface area contributed by atoms with Crippen LogP contribution in [0.2, 0.25) is 0 Å². The summed E-state index contributed by atoms with van der Waals surface area (Å²) < 4.78 is 35.1. The maximum Gasteiger partial charge on any atom is 0.261 e. The van der Waals surface area contributed by atoms with Gasteiger partial charge in [0.05, 0.1) is 31.1 Å². The van der Waals surface area contributed by atoms with Gasteiger partial charge in [-0.3, -0.25) is 4.79 Å². The van der Waals surface area contributed by atoms with Crippen molar-refractivity contribution in [2.24, 2.45) is 13.0 Å². The molecule has 11 heteroatoms. The van der Waals surface area contributed by atoms with Gasteiger partial charge in [-0.05, 0) is 25.1 Å². The van der Waals surface area contributed by atoms with E-state index in [1.807, 2.05) is 32.0 Å². The van der Waals surface area contributed by atoms with Crippen molar-refractivity contribution < 1.29 is 23.1 Å². The van der Waals surface area contributed by atoms with E-state index in [2.05, 4.69) is 4.98 Å². The van der Waals surface area contributed by atoms with Crippen molar-refractivity contribution in [3.05, 3.63) is 36.3 Å². The van der Waals surface area contributed by atoms with Crippen LogP contribution in [0.3, 0.4) is 0 Å². The summed E-state index contributed by atoms with van der Waals surface area (Å²) in [4.78, 5) is 20.9. The lowest BCUT2D eigenvalue weighted by Crippen LogP contribution is -2.50. The van der Waals surface area contributed by atoms with Gasteiger partial charge in [-0.1, -0.05) is 6.92 Å². The van der Waals surface area contributed by atoms with Gasteiger partial charge in [-0.2, -0.15) is 4.31 Å². The molecule has 2 aromatic rings. The zero-order valence-electron chi connectivity index (χ0n) is 20.0. The van der Waals surface area contributed by atoms with Gasteiger partial charge in [0.15, 0.2) is 5.03 Å². The average molecular weight is 480 g/mol. The summed E-state index contributed by atoms with van der Waals surface area (Å²) in [6, 6.07) is 4.95. The highest BCUT2D eigenvalue weighted by Crippen LogP contribution is 2.31. The number of fused-ring (bicyclic) bond motifs is 1. The minimum absolute atomic E-state index is 0.0345. The van der Waals surface area contributed by atoms with Crippen molar-refractivity contribution >= 4 is 21.6 Å². The Morgan fingerprint density at radius 1 is 1.30 bits per heavy atom. The van der Waals surface area contributed by atoms with E-state index in [1.165, 1.54) is 23.9 Å². The smallest absolute Gasteiger partial charge is 0.261 e. The molecule has 1 amide bonds. The summed E-state index contributed by atoms with van der Waals surface area (Å²) in [5.74, 6) is -0.0399. The molecule has 0 unspecified atom stereocenters. The van der Waals surface area contributed by atoms with Crippen LogP contribution in [0.5, 0.6) is 5.75 Å². The maximum atomic E-state index is 13.4. The number of ether oxygens (including phenoxy) is 1. The largest absolute Gasteiger partial charge is 0.488 e. The molecule has 0 bridgehead atoms. The van der Waals surface area contributed by atoms with Crippen LogP contribution in [0.1, 0.15) is 24.2 Å². The Balaban J connectivity index is 1.98. The molecule has 0 saturated carbocycles. The van der Waals surface area contributed by atoms with Gasteiger partial charge in [-0.25, -0.2) is 13.4 Å². The number of aromatic nitrogens is 2. The number of benzene rings is 1. The lowest BCUT2D eigenvalue weighted by atomic mass is 9.99. The second-order valence-electron chi connectivity index (χ2n) is 8.86. The highest BCUT2D eigenvalue weighted by Gasteiger charge is 2.35. The summed E-state index contributed by atoms with van der Waals surface area (Å²) in [6.07, 6.45) is 2.36. The average Bonchev–Trinajstić information content (AvgIpc) is 3.22. The molecule has 0 saturated heterocycles. The van der Waals surface area contributed by atoms with Crippen molar-refractivity contribution in [3.63, 3.8) is 0 Å². The molecule has 0 radical (unpaired) electrons. The third-order valence-electron chi connectivity index (χ3n) is 5.96. The number of aryl methyl sites for hydroxylation is 1. The Morgan fingerprint density at radius 3 is 2.58 bits per heavy atom.